The molecule has 1 aromatic heterocycles. The van der Waals surface area contributed by atoms with Gasteiger partial charge in [-0.2, -0.15) is 0 Å². The lowest BCUT2D eigenvalue weighted by molar-refractivity contribution is -0.127. The third-order valence-corrected chi connectivity index (χ3v) is 6.11. The zero-order chi connectivity index (χ0) is 21.1. The van der Waals surface area contributed by atoms with Gasteiger partial charge in [0.1, 0.15) is 6.04 Å². The van der Waals surface area contributed by atoms with Crippen molar-refractivity contribution in [2.45, 2.75) is 58.1 Å². The summed E-state index contributed by atoms with van der Waals surface area (Å²) in [7, 11) is 0. The van der Waals surface area contributed by atoms with E-state index in [1.54, 1.807) is 11.0 Å². The Hall–Kier alpha value is -2.67. The Morgan fingerprint density at radius 2 is 2.00 bits per heavy atom. The van der Waals surface area contributed by atoms with E-state index >= 15 is 0 Å². The number of nitrogens with zero attached hydrogens (tertiary/aromatic N) is 2. The molecule has 1 aromatic carbocycles. The molecule has 0 unspecified atom stereocenters. The van der Waals surface area contributed by atoms with E-state index in [2.05, 4.69) is 17.4 Å². The van der Waals surface area contributed by atoms with Crippen molar-refractivity contribution in [3.05, 3.63) is 41.1 Å². The standard InChI is InChI=1S/C23H29N3O4/c1-15-8-9-17(12-16(15)2)21-13-19(25-30-21)23(28)26-10-4-3-7-20(26)22(27)24-14-18-6-5-11-29-18/h8-9,12-13,18,20H,3-7,10-11,14H2,1-2H3,(H,24,27)/t18-,20-/m1/s1. The number of amides is 2. The zero-order valence-corrected chi connectivity index (χ0v) is 17.6. The van der Waals surface area contributed by atoms with E-state index in [-0.39, 0.29) is 23.6 Å². The molecular formula is C23H29N3O4. The highest BCUT2D eigenvalue weighted by molar-refractivity contribution is 5.96. The topological polar surface area (TPSA) is 84.7 Å². The van der Waals surface area contributed by atoms with Crippen LogP contribution in [0.3, 0.4) is 0 Å². The van der Waals surface area contributed by atoms with Crippen LogP contribution in [0.5, 0.6) is 0 Å². The molecule has 0 radical (unpaired) electrons. The Labute approximate surface area is 176 Å². The maximum atomic E-state index is 13.1. The largest absolute Gasteiger partial charge is 0.376 e. The van der Waals surface area contributed by atoms with Crippen molar-refractivity contribution in [2.75, 3.05) is 19.7 Å². The number of carbonyl (C=O) groups excluding carboxylic acids is 2. The Kier molecular flexibility index (Phi) is 6.18. The summed E-state index contributed by atoms with van der Waals surface area (Å²) < 4.78 is 11.0. The average molecular weight is 412 g/mol. The van der Waals surface area contributed by atoms with Gasteiger partial charge in [-0.1, -0.05) is 17.3 Å². The Morgan fingerprint density at radius 1 is 1.13 bits per heavy atom. The number of benzene rings is 1. The van der Waals surface area contributed by atoms with Gasteiger partial charge in [-0.15, -0.1) is 0 Å². The van der Waals surface area contributed by atoms with Crippen LogP contribution in [0, 0.1) is 13.8 Å². The fourth-order valence-electron chi connectivity index (χ4n) is 4.14. The summed E-state index contributed by atoms with van der Waals surface area (Å²) in [5, 5.41) is 6.98. The van der Waals surface area contributed by atoms with Gasteiger partial charge in [-0.25, -0.2) is 0 Å². The van der Waals surface area contributed by atoms with Crippen LogP contribution in [0.15, 0.2) is 28.8 Å². The number of likely N-dealkylation sites (tertiary alicyclic amines) is 1. The van der Waals surface area contributed by atoms with Crippen LogP contribution in [0.25, 0.3) is 11.3 Å². The van der Waals surface area contributed by atoms with Gasteiger partial charge in [0.15, 0.2) is 11.5 Å². The van der Waals surface area contributed by atoms with Gasteiger partial charge in [-0.3, -0.25) is 9.59 Å². The molecule has 2 saturated heterocycles. The van der Waals surface area contributed by atoms with Gasteiger partial charge in [0.05, 0.1) is 6.10 Å². The van der Waals surface area contributed by atoms with E-state index in [9.17, 15) is 9.59 Å². The minimum atomic E-state index is -0.477. The van der Waals surface area contributed by atoms with Crippen molar-refractivity contribution >= 4 is 11.8 Å². The van der Waals surface area contributed by atoms with E-state index < -0.39 is 6.04 Å². The van der Waals surface area contributed by atoms with Crippen LogP contribution in [0.4, 0.5) is 0 Å². The van der Waals surface area contributed by atoms with Crippen molar-refractivity contribution < 1.29 is 18.8 Å². The maximum Gasteiger partial charge on any atom is 0.276 e. The molecule has 0 saturated carbocycles. The van der Waals surface area contributed by atoms with Gasteiger partial charge in [0.2, 0.25) is 5.91 Å². The number of nitrogens with one attached hydrogen (secondary N) is 1. The average Bonchev–Trinajstić information content (AvgIpc) is 3.46. The second kappa shape index (κ2) is 9.00. The Bertz CT molecular complexity index is 917. The van der Waals surface area contributed by atoms with Gasteiger partial charge >= 0.3 is 0 Å². The van der Waals surface area contributed by atoms with E-state index in [1.165, 1.54) is 5.56 Å². The predicted molar refractivity (Wildman–Crippen MR) is 112 cm³/mol. The molecule has 2 aliphatic rings. The fourth-order valence-corrected chi connectivity index (χ4v) is 4.14. The molecule has 0 aliphatic carbocycles. The molecule has 2 fully saturated rings. The third-order valence-electron chi connectivity index (χ3n) is 6.11. The molecular weight excluding hydrogens is 382 g/mol. The lowest BCUT2D eigenvalue weighted by atomic mass is 10.0. The second-order valence-corrected chi connectivity index (χ2v) is 8.27. The quantitative estimate of drug-likeness (QED) is 0.816. The minimum absolute atomic E-state index is 0.0813. The van der Waals surface area contributed by atoms with Gasteiger partial charge < -0.3 is 19.5 Å². The van der Waals surface area contributed by atoms with Crippen LogP contribution in [0.2, 0.25) is 0 Å². The molecule has 2 aliphatic heterocycles. The summed E-state index contributed by atoms with van der Waals surface area (Å²) in [6, 6.07) is 7.19. The monoisotopic (exact) mass is 411 g/mol. The number of hydrogen-bond acceptors (Lipinski definition) is 5. The van der Waals surface area contributed by atoms with Crippen LogP contribution in [0.1, 0.15) is 53.7 Å². The van der Waals surface area contributed by atoms with Crippen molar-refractivity contribution in [3.8, 4) is 11.3 Å². The highest BCUT2D eigenvalue weighted by Gasteiger charge is 2.34. The number of aryl methyl sites for hydroxylation is 2. The molecule has 0 spiro atoms. The number of rotatable bonds is 5. The summed E-state index contributed by atoms with van der Waals surface area (Å²) in [6.45, 7) is 5.88. The molecule has 2 atom stereocenters. The molecule has 160 valence electrons. The third kappa shape index (κ3) is 4.41. The normalized spacial score (nSPS) is 21.6. The minimum Gasteiger partial charge on any atom is -0.376 e. The fraction of sp³-hybridized carbons (Fsp3) is 0.522. The zero-order valence-electron chi connectivity index (χ0n) is 17.6. The van der Waals surface area contributed by atoms with Crippen LogP contribution in [-0.2, 0) is 9.53 Å². The molecule has 7 heteroatoms. The number of aromatic nitrogens is 1. The molecule has 2 aromatic rings. The van der Waals surface area contributed by atoms with E-state index in [0.29, 0.717) is 25.3 Å². The van der Waals surface area contributed by atoms with Crippen LogP contribution < -0.4 is 5.32 Å². The highest BCUT2D eigenvalue weighted by atomic mass is 16.5. The molecule has 30 heavy (non-hydrogen) atoms. The number of piperidine rings is 1. The van der Waals surface area contributed by atoms with Crippen molar-refractivity contribution in [2.24, 2.45) is 0 Å². The van der Waals surface area contributed by atoms with E-state index in [0.717, 1.165) is 43.4 Å². The van der Waals surface area contributed by atoms with Crippen LogP contribution in [-0.4, -0.2) is 53.7 Å². The predicted octanol–water partition coefficient (Wildman–Crippen LogP) is 3.25. The summed E-state index contributed by atoms with van der Waals surface area (Å²) >= 11 is 0. The molecule has 0 bridgehead atoms. The first kappa shape index (κ1) is 20.6. The smallest absolute Gasteiger partial charge is 0.276 e. The lowest BCUT2D eigenvalue weighted by Gasteiger charge is -2.34. The molecule has 2 amide bonds. The highest BCUT2D eigenvalue weighted by Crippen LogP contribution is 2.25. The summed E-state index contributed by atoms with van der Waals surface area (Å²) in [4.78, 5) is 27.6. The molecule has 4 rings (SSSR count). The first-order valence-electron chi connectivity index (χ1n) is 10.8. The summed E-state index contributed by atoms with van der Waals surface area (Å²) in [6.07, 6.45) is 4.54. The first-order chi connectivity index (χ1) is 14.5. The van der Waals surface area contributed by atoms with E-state index in [1.807, 2.05) is 25.1 Å². The summed E-state index contributed by atoms with van der Waals surface area (Å²) in [5.41, 5.74) is 3.46. The maximum absolute atomic E-state index is 13.1. The van der Waals surface area contributed by atoms with Gasteiger partial charge in [0, 0.05) is 31.3 Å². The Morgan fingerprint density at radius 3 is 2.77 bits per heavy atom. The second-order valence-electron chi connectivity index (χ2n) is 8.27. The summed E-state index contributed by atoms with van der Waals surface area (Å²) in [5.74, 6) is 0.181. The molecule has 7 nitrogen and oxygen atoms in total. The number of hydrogen-bond donors (Lipinski definition) is 1. The number of carbonyl (C=O) groups is 2. The van der Waals surface area contributed by atoms with Crippen molar-refractivity contribution in [1.29, 1.82) is 0 Å². The molecule has 1 N–H and O–H groups in total. The van der Waals surface area contributed by atoms with E-state index in [4.69, 9.17) is 9.26 Å². The Balaban J connectivity index is 1.45. The molecule has 3 heterocycles. The first-order valence-corrected chi connectivity index (χ1v) is 10.8. The lowest BCUT2D eigenvalue weighted by Crippen LogP contribution is -2.52. The van der Waals surface area contributed by atoms with Crippen molar-refractivity contribution in [1.82, 2.24) is 15.4 Å². The van der Waals surface area contributed by atoms with Gasteiger partial charge in [0.25, 0.3) is 5.91 Å². The number of ether oxygens (including phenoxy) is 1. The van der Waals surface area contributed by atoms with Gasteiger partial charge in [-0.05, 0) is 63.1 Å². The van der Waals surface area contributed by atoms with Crippen LogP contribution >= 0.6 is 0 Å². The van der Waals surface area contributed by atoms with Crippen molar-refractivity contribution in [3.63, 3.8) is 0 Å². The SMILES string of the molecule is Cc1ccc(-c2cc(C(=O)N3CCCC[C@@H]3C(=O)NC[C@H]3CCCO3)no2)cc1C.